The predicted octanol–water partition coefficient (Wildman–Crippen LogP) is 2.24. The summed E-state index contributed by atoms with van der Waals surface area (Å²) in [6.45, 7) is 0. The largest absolute Gasteiger partial charge is 0.445 e. The van der Waals surface area contributed by atoms with Gasteiger partial charge in [-0.25, -0.2) is 12.8 Å². The molecule has 1 rings (SSSR count). The number of alkyl halides is 6. The Morgan fingerprint density at radius 2 is 1.32 bits per heavy atom. The fourth-order valence-electron chi connectivity index (χ4n) is 1.28. The van der Waals surface area contributed by atoms with Crippen LogP contribution >= 0.6 is 0 Å². The molecule has 10 heteroatoms. The van der Waals surface area contributed by atoms with Crippen LogP contribution in [0, 0.1) is 0 Å². The first kappa shape index (κ1) is 15.8. The molecule has 0 aliphatic heterocycles. The van der Waals surface area contributed by atoms with Gasteiger partial charge < -0.3 is 0 Å². The smallest absolute Gasteiger partial charge is 0.268 e. The van der Waals surface area contributed by atoms with Crippen LogP contribution in [0.3, 0.4) is 0 Å². The Morgan fingerprint density at radius 1 is 0.895 bits per heavy atom. The van der Waals surface area contributed by atoms with Gasteiger partial charge in [-0.05, 0) is 12.1 Å². The van der Waals surface area contributed by atoms with Crippen LogP contribution in [-0.2, 0) is 9.84 Å². The maximum Gasteiger partial charge on any atom is 0.445 e. The molecule has 0 aliphatic rings. The first-order valence-corrected chi connectivity index (χ1v) is 6.06. The van der Waals surface area contributed by atoms with Gasteiger partial charge in [-0.1, -0.05) is 18.2 Å². The third kappa shape index (κ3) is 2.29. The molecule has 0 amide bonds. The molecule has 0 heterocycles. The molecule has 0 spiro atoms. The Kier molecular flexibility index (Phi) is 3.63. The second-order valence-electron chi connectivity index (χ2n) is 3.53. The Bertz CT molecular complexity index is 534. The number of sulfone groups is 1. The van der Waals surface area contributed by atoms with Gasteiger partial charge in [-0.3, -0.25) is 5.73 Å². The van der Waals surface area contributed by atoms with Crippen LogP contribution < -0.4 is 5.73 Å². The van der Waals surface area contributed by atoms with Gasteiger partial charge in [0, 0.05) is 0 Å². The summed E-state index contributed by atoms with van der Waals surface area (Å²) in [5.74, 6) is 0. The molecular formula is C9H7F6NO2S. The Balaban J connectivity index is 3.62. The van der Waals surface area contributed by atoms with E-state index in [0.717, 1.165) is 12.1 Å². The zero-order valence-corrected chi connectivity index (χ0v) is 9.77. The minimum absolute atomic E-state index is 0.557. The quantitative estimate of drug-likeness (QED) is 0.688. The van der Waals surface area contributed by atoms with Crippen molar-refractivity contribution in [2.75, 3.05) is 0 Å². The van der Waals surface area contributed by atoms with E-state index in [9.17, 15) is 34.8 Å². The molecule has 19 heavy (non-hydrogen) atoms. The summed E-state index contributed by atoms with van der Waals surface area (Å²) in [7, 11) is -6.08. The van der Waals surface area contributed by atoms with Gasteiger partial charge >= 0.3 is 17.2 Å². The molecule has 0 aliphatic carbocycles. The first-order chi connectivity index (χ1) is 8.36. The third-order valence-corrected chi connectivity index (χ3v) is 4.35. The normalized spacial score (nSPS) is 17.0. The number of benzene rings is 1. The van der Waals surface area contributed by atoms with Crippen molar-refractivity contribution in [3.63, 3.8) is 0 Å². The van der Waals surface area contributed by atoms with Crippen molar-refractivity contribution in [3.8, 4) is 0 Å². The average molecular weight is 307 g/mol. The molecular weight excluding hydrogens is 300 g/mol. The molecule has 1 aromatic carbocycles. The van der Waals surface area contributed by atoms with Crippen LogP contribution in [0.4, 0.5) is 26.3 Å². The van der Waals surface area contributed by atoms with E-state index in [1.54, 1.807) is 0 Å². The topological polar surface area (TPSA) is 60.2 Å². The lowest BCUT2D eigenvalue weighted by Crippen LogP contribution is -2.64. The van der Waals surface area contributed by atoms with Crippen molar-refractivity contribution in [1.29, 1.82) is 0 Å². The highest BCUT2D eigenvalue weighted by Crippen LogP contribution is 2.48. The minimum atomic E-state index is -6.40. The third-order valence-electron chi connectivity index (χ3n) is 2.22. The van der Waals surface area contributed by atoms with E-state index < -0.39 is 32.0 Å². The standard InChI is InChI=1S/C9H7F6NO2S/c10-7(8(11,12)13,9(14,15)16)19(17,18)6-4-2-1-3-5-6/h1-5H,16H2. The maximum absolute atomic E-state index is 13.7. The van der Waals surface area contributed by atoms with Crippen molar-refractivity contribution in [2.24, 2.45) is 5.73 Å². The summed E-state index contributed by atoms with van der Waals surface area (Å²) in [5.41, 5.74) is 3.82. The second kappa shape index (κ2) is 4.37. The predicted molar refractivity (Wildman–Crippen MR) is 52.7 cm³/mol. The monoisotopic (exact) mass is 307 g/mol. The van der Waals surface area contributed by atoms with E-state index in [4.69, 9.17) is 0 Å². The first-order valence-electron chi connectivity index (χ1n) is 4.57. The fourth-order valence-corrected chi connectivity index (χ4v) is 2.79. The van der Waals surface area contributed by atoms with Gasteiger partial charge in [0.05, 0.1) is 4.90 Å². The van der Waals surface area contributed by atoms with Crippen LogP contribution in [0.2, 0.25) is 0 Å². The van der Waals surface area contributed by atoms with Crippen molar-refractivity contribution in [2.45, 2.75) is 22.1 Å². The van der Waals surface area contributed by atoms with Crippen molar-refractivity contribution in [3.05, 3.63) is 30.3 Å². The van der Waals surface area contributed by atoms with Gasteiger partial charge in [-0.2, -0.15) is 22.0 Å². The molecule has 0 aromatic heterocycles. The van der Waals surface area contributed by atoms with Crippen LogP contribution in [0.1, 0.15) is 0 Å². The van der Waals surface area contributed by atoms with Crippen LogP contribution in [0.15, 0.2) is 35.2 Å². The highest BCUT2D eigenvalue weighted by atomic mass is 32.2. The van der Waals surface area contributed by atoms with E-state index in [2.05, 4.69) is 5.73 Å². The van der Waals surface area contributed by atoms with Gasteiger partial charge in [-0.15, -0.1) is 0 Å². The lowest BCUT2D eigenvalue weighted by Gasteiger charge is -2.31. The average Bonchev–Trinajstić information content (AvgIpc) is 2.26. The number of hydrogen-bond acceptors (Lipinski definition) is 3. The lowest BCUT2D eigenvalue weighted by molar-refractivity contribution is -0.263. The molecule has 0 saturated heterocycles. The van der Waals surface area contributed by atoms with Gasteiger partial charge in [0.15, 0.2) is 0 Å². The highest BCUT2D eigenvalue weighted by Gasteiger charge is 2.78. The SMILES string of the molecule is NC(F)(F)C(F)(C(F)(F)F)S(=O)(=O)c1ccccc1. The molecule has 0 bridgehead atoms. The molecule has 0 saturated carbocycles. The summed E-state index contributed by atoms with van der Waals surface area (Å²) in [4.78, 5) is -1.25. The van der Waals surface area contributed by atoms with Crippen LogP contribution in [0.25, 0.3) is 0 Å². The fraction of sp³-hybridized carbons (Fsp3) is 0.333. The van der Waals surface area contributed by atoms with E-state index in [-0.39, 0.29) is 0 Å². The van der Waals surface area contributed by atoms with Gasteiger partial charge in [0.25, 0.3) is 0 Å². The number of rotatable bonds is 3. The molecule has 3 nitrogen and oxygen atoms in total. The zero-order valence-electron chi connectivity index (χ0n) is 8.96. The summed E-state index contributed by atoms with van der Waals surface area (Å²) in [5, 5.41) is -5.91. The minimum Gasteiger partial charge on any atom is -0.268 e. The summed E-state index contributed by atoms with van der Waals surface area (Å²) in [6, 6.07) is -1.41. The van der Waals surface area contributed by atoms with Crippen molar-refractivity contribution >= 4 is 9.84 Å². The van der Waals surface area contributed by atoms with E-state index in [1.165, 1.54) is 6.07 Å². The van der Waals surface area contributed by atoms with Gasteiger partial charge in [0.2, 0.25) is 9.84 Å². The van der Waals surface area contributed by atoms with Crippen molar-refractivity contribution in [1.82, 2.24) is 0 Å². The zero-order chi connectivity index (χ0) is 15.1. The Morgan fingerprint density at radius 3 is 1.63 bits per heavy atom. The Labute approximate surface area is 103 Å². The van der Waals surface area contributed by atoms with Crippen LogP contribution in [0.5, 0.6) is 0 Å². The molecule has 1 aromatic rings. The van der Waals surface area contributed by atoms with Gasteiger partial charge in [0.1, 0.15) is 0 Å². The molecule has 108 valence electrons. The van der Waals surface area contributed by atoms with Crippen molar-refractivity contribution < 1.29 is 34.8 Å². The maximum atomic E-state index is 13.7. The molecule has 0 radical (unpaired) electrons. The lowest BCUT2D eigenvalue weighted by atomic mass is 10.3. The van der Waals surface area contributed by atoms with E-state index >= 15 is 0 Å². The number of halogens is 6. The Hall–Kier alpha value is -1.29. The van der Waals surface area contributed by atoms with E-state index in [1.807, 2.05) is 0 Å². The van der Waals surface area contributed by atoms with Crippen LogP contribution in [-0.4, -0.2) is 25.6 Å². The molecule has 0 fully saturated rings. The number of hydrogen-bond donors (Lipinski definition) is 1. The highest BCUT2D eigenvalue weighted by molar-refractivity contribution is 7.92. The summed E-state index contributed by atoms with van der Waals surface area (Å²) < 4.78 is 99.6. The summed E-state index contributed by atoms with van der Waals surface area (Å²) >= 11 is 0. The number of nitrogens with two attached hydrogens (primary N) is 1. The molecule has 1 unspecified atom stereocenters. The summed E-state index contributed by atoms with van der Waals surface area (Å²) in [6.07, 6.45) is -6.40. The second-order valence-corrected chi connectivity index (χ2v) is 5.57. The van der Waals surface area contributed by atoms with E-state index in [0.29, 0.717) is 12.1 Å². The molecule has 1 atom stereocenters. The molecule has 2 N–H and O–H groups in total.